The monoisotopic (exact) mass is 684 g/mol. The first-order valence-electron chi connectivity index (χ1n) is 17.1. The topological polar surface area (TPSA) is 120 Å². The van der Waals surface area contributed by atoms with Crippen LogP contribution in [0.4, 0.5) is 4.39 Å². The summed E-state index contributed by atoms with van der Waals surface area (Å²) in [5, 5.41) is 2.79. The van der Waals surface area contributed by atoms with E-state index in [1.165, 1.54) is 45.3 Å². The van der Waals surface area contributed by atoms with Crippen LogP contribution < -0.4 is 5.32 Å². The van der Waals surface area contributed by atoms with Crippen LogP contribution in [0.1, 0.15) is 82.9 Å². The Bertz CT molecular complexity index is 1360. The number of likely N-dealkylation sites (N-methyl/N-ethyl adjacent to an activating group) is 2. The predicted octanol–water partition coefficient (Wildman–Crippen LogP) is 5.31. The van der Waals surface area contributed by atoms with Gasteiger partial charge in [0, 0.05) is 33.1 Å². The number of nitrogens with zero attached hydrogens (tertiary/aromatic N) is 1. The lowest BCUT2D eigenvalue weighted by atomic mass is 9.90. The number of carbonyl (C=O) groups is 4. The normalized spacial score (nSPS) is 16.3. The number of hydrogen-bond donors (Lipinski definition) is 1. The molecule has 4 atom stereocenters. The van der Waals surface area contributed by atoms with Crippen LogP contribution in [-0.2, 0) is 51.2 Å². The van der Waals surface area contributed by atoms with Crippen molar-refractivity contribution >= 4 is 23.8 Å². The number of alkyl halides is 1. The third-order valence-electron chi connectivity index (χ3n) is 8.58. The number of carbonyl (C=O) groups excluding carboxylic acids is 4. The molecule has 270 valence electrons. The van der Waals surface area contributed by atoms with Gasteiger partial charge in [-0.05, 0) is 75.6 Å². The highest BCUT2D eigenvalue weighted by Gasteiger charge is 2.38. The fraction of sp³-hybridized carbons (Fsp3) is 0.579. The van der Waals surface area contributed by atoms with Gasteiger partial charge in [-0.1, -0.05) is 68.4 Å². The number of ether oxygens (including phenoxy) is 4. The number of nitrogens with one attached hydrogen (secondary N) is 1. The van der Waals surface area contributed by atoms with E-state index in [1.807, 2.05) is 68.4 Å². The zero-order chi connectivity index (χ0) is 36.1. The molecule has 1 aliphatic heterocycles. The SMILES string of the molecule is CNC(CC(C)(C)F)C(=O)O[C@H](Cc1ccc(C2CCOCC2)cc1)C(=O)N(C)C(CC(C)C)C(=O)OC(C)C(=O)OCc1ccccc1. The van der Waals surface area contributed by atoms with E-state index in [-0.39, 0.29) is 31.8 Å². The highest BCUT2D eigenvalue weighted by molar-refractivity contribution is 5.90. The van der Waals surface area contributed by atoms with Crippen molar-refractivity contribution in [2.24, 2.45) is 5.92 Å². The Balaban J connectivity index is 1.80. The van der Waals surface area contributed by atoms with Crippen molar-refractivity contribution in [2.45, 2.75) is 109 Å². The molecular weight excluding hydrogens is 631 g/mol. The van der Waals surface area contributed by atoms with Crippen LogP contribution in [0, 0.1) is 5.92 Å². The van der Waals surface area contributed by atoms with E-state index in [1.54, 1.807) is 0 Å². The first kappa shape index (κ1) is 39.6. The van der Waals surface area contributed by atoms with Crippen molar-refractivity contribution < 1.29 is 42.5 Å². The van der Waals surface area contributed by atoms with Crippen LogP contribution >= 0.6 is 0 Å². The molecular formula is C38H53FN2O8. The molecule has 1 amide bonds. The van der Waals surface area contributed by atoms with Gasteiger partial charge in [-0.3, -0.25) is 9.59 Å². The van der Waals surface area contributed by atoms with Gasteiger partial charge in [-0.15, -0.1) is 0 Å². The minimum Gasteiger partial charge on any atom is -0.458 e. The van der Waals surface area contributed by atoms with E-state index in [9.17, 15) is 23.6 Å². The number of rotatable bonds is 17. The molecule has 11 heteroatoms. The van der Waals surface area contributed by atoms with E-state index in [4.69, 9.17) is 18.9 Å². The van der Waals surface area contributed by atoms with Crippen molar-refractivity contribution in [1.29, 1.82) is 0 Å². The van der Waals surface area contributed by atoms with Crippen molar-refractivity contribution in [3.8, 4) is 0 Å². The number of amides is 1. The Morgan fingerprint density at radius 1 is 0.918 bits per heavy atom. The van der Waals surface area contributed by atoms with Gasteiger partial charge < -0.3 is 29.2 Å². The van der Waals surface area contributed by atoms with Gasteiger partial charge in [0.05, 0.1) is 0 Å². The van der Waals surface area contributed by atoms with E-state index in [0.29, 0.717) is 19.1 Å². The van der Waals surface area contributed by atoms with Gasteiger partial charge in [-0.2, -0.15) is 0 Å². The van der Waals surface area contributed by atoms with Gasteiger partial charge in [0.15, 0.2) is 12.2 Å². The smallest absolute Gasteiger partial charge is 0.347 e. The van der Waals surface area contributed by atoms with Crippen LogP contribution in [0.25, 0.3) is 0 Å². The van der Waals surface area contributed by atoms with Crippen molar-refractivity contribution in [2.75, 3.05) is 27.3 Å². The summed E-state index contributed by atoms with van der Waals surface area (Å²) in [5.41, 5.74) is 1.03. The Kier molecular flexibility index (Phi) is 15.2. The lowest BCUT2D eigenvalue weighted by Crippen LogP contribution is -2.51. The maximum atomic E-state index is 14.5. The summed E-state index contributed by atoms with van der Waals surface area (Å²) in [7, 11) is 2.97. The minimum atomic E-state index is -1.67. The van der Waals surface area contributed by atoms with E-state index < -0.39 is 53.8 Å². The molecule has 2 aromatic rings. The molecule has 1 heterocycles. The summed E-state index contributed by atoms with van der Waals surface area (Å²) in [6.45, 7) is 9.36. The summed E-state index contributed by atoms with van der Waals surface area (Å²) in [4.78, 5) is 54.9. The molecule has 1 aliphatic rings. The quantitative estimate of drug-likeness (QED) is 0.175. The van der Waals surface area contributed by atoms with Crippen LogP contribution in [0.15, 0.2) is 54.6 Å². The molecule has 0 radical (unpaired) electrons. The Morgan fingerprint density at radius 3 is 2.12 bits per heavy atom. The lowest BCUT2D eigenvalue weighted by Gasteiger charge is -2.32. The first-order valence-corrected chi connectivity index (χ1v) is 17.1. The van der Waals surface area contributed by atoms with Crippen molar-refractivity contribution in [3.63, 3.8) is 0 Å². The second kappa shape index (κ2) is 18.8. The third-order valence-corrected chi connectivity index (χ3v) is 8.58. The molecule has 10 nitrogen and oxygen atoms in total. The molecule has 1 N–H and O–H groups in total. The zero-order valence-electron chi connectivity index (χ0n) is 29.9. The molecule has 0 spiro atoms. The van der Waals surface area contributed by atoms with Crippen LogP contribution in [-0.4, -0.2) is 86.0 Å². The fourth-order valence-corrected chi connectivity index (χ4v) is 5.75. The molecule has 1 saturated heterocycles. The van der Waals surface area contributed by atoms with Crippen molar-refractivity contribution in [1.82, 2.24) is 10.2 Å². The van der Waals surface area contributed by atoms with Crippen LogP contribution in [0.2, 0.25) is 0 Å². The molecule has 0 aromatic heterocycles. The minimum absolute atomic E-state index is 0.0195. The molecule has 0 saturated carbocycles. The standard InChI is InChI=1S/C38H53FN2O8/c1-25(2)21-32(37(45)48-26(3)35(43)47-24-28-11-9-8-10-12-28)41(7)34(42)33(49-36(44)31(40-6)23-38(4,5)39)22-27-13-15-29(16-14-27)30-17-19-46-20-18-30/h8-16,25-26,30-33,40H,17-24H2,1-7H3/t26?,31?,32?,33-/m1/s1. The van der Waals surface area contributed by atoms with Gasteiger partial charge in [0.2, 0.25) is 0 Å². The molecule has 49 heavy (non-hydrogen) atoms. The van der Waals surface area contributed by atoms with Gasteiger partial charge >= 0.3 is 17.9 Å². The molecule has 3 unspecified atom stereocenters. The Morgan fingerprint density at radius 2 is 1.55 bits per heavy atom. The van der Waals surface area contributed by atoms with Gasteiger partial charge in [0.25, 0.3) is 5.91 Å². The van der Waals surface area contributed by atoms with Crippen LogP contribution in [0.5, 0.6) is 0 Å². The summed E-state index contributed by atoms with van der Waals surface area (Å²) >= 11 is 0. The largest absolute Gasteiger partial charge is 0.458 e. The summed E-state index contributed by atoms with van der Waals surface area (Å²) in [6, 6.07) is 14.9. The van der Waals surface area contributed by atoms with E-state index >= 15 is 0 Å². The summed E-state index contributed by atoms with van der Waals surface area (Å²) in [5.74, 6) is -2.57. The third kappa shape index (κ3) is 12.9. The maximum absolute atomic E-state index is 14.5. The zero-order valence-corrected chi connectivity index (χ0v) is 29.9. The second-order valence-electron chi connectivity index (χ2n) is 13.8. The highest BCUT2D eigenvalue weighted by Crippen LogP contribution is 2.27. The maximum Gasteiger partial charge on any atom is 0.347 e. The van der Waals surface area contributed by atoms with E-state index in [0.717, 1.165) is 24.0 Å². The average molecular weight is 685 g/mol. The highest BCUT2D eigenvalue weighted by atomic mass is 19.1. The molecule has 0 aliphatic carbocycles. The Hall–Kier alpha value is -3.83. The molecule has 3 rings (SSSR count). The fourth-order valence-electron chi connectivity index (χ4n) is 5.75. The summed E-state index contributed by atoms with van der Waals surface area (Å²) in [6.07, 6.45) is -0.601. The number of halogens is 1. The predicted molar refractivity (Wildman–Crippen MR) is 183 cm³/mol. The van der Waals surface area contributed by atoms with Crippen LogP contribution in [0.3, 0.4) is 0 Å². The first-order chi connectivity index (χ1) is 23.2. The lowest BCUT2D eigenvalue weighted by molar-refractivity contribution is -0.174. The summed E-state index contributed by atoms with van der Waals surface area (Å²) < 4.78 is 36.7. The second-order valence-corrected chi connectivity index (χ2v) is 13.8. The number of benzene rings is 2. The Labute approximate surface area is 290 Å². The number of esters is 3. The number of hydrogen-bond acceptors (Lipinski definition) is 9. The van der Waals surface area contributed by atoms with Gasteiger partial charge in [-0.25, -0.2) is 14.0 Å². The average Bonchev–Trinajstić information content (AvgIpc) is 3.08. The molecule has 1 fully saturated rings. The molecule has 0 bridgehead atoms. The van der Waals surface area contributed by atoms with E-state index in [2.05, 4.69) is 5.32 Å². The van der Waals surface area contributed by atoms with Crippen molar-refractivity contribution in [3.05, 3.63) is 71.3 Å². The molecule has 2 aromatic carbocycles. The van der Waals surface area contributed by atoms with Gasteiger partial charge in [0.1, 0.15) is 24.4 Å².